The second-order valence-corrected chi connectivity index (χ2v) is 10.8. The molecule has 1 spiro atoms. The minimum atomic E-state index is -1.40. The molecule has 3 atom stereocenters. The number of fused-ring (bicyclic) bond motifs is 2. The summed E-state index contributed by atoms with van der Waals surface area (Å²) >= 11 is 0. The quantitative estimate of drug-likeness (QED) is 0.529. The third kappa shape index (κ3) is 5.21. The van der Waals surface area contributed by atoms with Gasteiger partial charge in [0.05, 0.1) is 0 Å². The number of hydrogen-bond donors (Lipinski definition) is 1. The van der Waals surface area contributed by atoms with Gasteiger partial charge in [-0.2, -0.15) is 0 Å². The van der Waals surface area contributed by atoms with Gasteiger partial charge in [0.2, 0.25) is 11.5 Å². The van der Waals surface area contributed by atoms with Gasteiger partial charge in [-0.3, -0.25) is 14.9 Å². The Morgan fingerprint density at radius 1 is 1.16 bits per heavy atom. The zero-order valence-electron chi connectivity index (χ0n) is 21.7. The first kappa shape index (κ1) is 25.3. The van der Waals surface area contributed by atoms with E-state index >= 15 is 0 Å². The number of imide groups is 1. The highest BCUT2D eigenvalue weighted by Gasteiger charge is 2.57. The van der Waals surface area contributed by atoms with E-state index in [0.29, 0.717) is 30.4 Å². The monoisotopic (exact) mass is 505 g/mol. The molecular weight excluding hydrogens is 470 g/mol. The molecule has 196 valence electrons. The highest BCUT2D eigenvalue weighted by Crippen LogP contribution is 2.51. The van der Waals surface area contributed by atoms with Gasteiger partial charge in [0.15, 0.2) is 0 Å². The van der Waals surface area contributed by atoms with Crippen LogP contribution in [0.25, 0.3) is 0 Å². The summed E-state index contributed by atoms with van der Waals surface area (Å²) in [5.41, 5.74) is 1.16. The van der Waals surface area contributed by atoms with E-state index in [9.17, 15) is 14.4 Å². The van der Waals surface area contributed by atoms with E-state index in [1.165, 1.54) is 0 Å². The van der Waals surface area contributed by atoms with Gasteiger partial charge < -0.3 is 19.3 Å². The predicted octanol–water partition coefficient (Wildman–Crippen LogP) is 3.79. The molecule has 2 fully saturated rings. The standard InChI is InChI=1S/C29H35N3O5/c1-19(21-9-10-21)32(18-20-7-5-4-6-8-20)26(33)15-22-17-29(27(34)30-28(35)37-29)25-12-11-23(16-24(22)25)36-14-13-31(2)3/h4-8,11-12,16,19,21-22H,9-10,13-15,17-18H2,1-3H3,(H,30,34,35)/t19-,22?,29?/m0/s1. The molecule has 8 heteroatoms. The van der Waals surface area contributed by atoms with Crippen molar-refractivity contribution in [2.24, 2.45) is 5.92 Å². The van der Waals surface area contributed by atoms with Crippen LogP contribution in [0.2, 0.25) is 0 Å². The molecular formula is C29H35N3O5. The number of nitrogens with one attached hydrogen (secondary N) is 1. The summed E-state index contributed by atoms with van der Waals surface area (Å²) < 4.78 is 11.5. The fraction of sp³-hybridized carbons (Fsp3) is 0.483. The summed E-state index contributed by atoms with van der Waals surface area (Å²) in [5, 5.41) is 2.29. The van der Waals surface area contributed by atoms with Gasteiger partial charge in [0, 0.05) is 37.5 Å². The number of rotatable bonds is 10. The Bertz CT molecular complexity index is 1180. The molecule has 37 heavy (non-hydrogen) atoms. The lowest BCUT2D eigenvalue weighted by molar-refractivity contribution is -0.136. The number of ether oxygens (including phenoxy) is 2. The maximum absolute atomic E-state index is 13.8. The first-order chi connectivity index (χ1) is 17.8. The van der Waals surface area contributed by atoms with Crippen LogP contribution in [0.15, 0.2) is 48.5 Å². The molecule has 0 radical (unpaired) electrons. The first-order valence-corrected chi connectivity index (χ1v) is 13.1. The lowest BCUT2D eigenvalue weighted by Gasteiger charge is -2.31. The number of carbonyl (C=O) groups excluding carboxylic acids is 3. The van der Waals surface area contributed by atoms with Gasteiger partial charge in [-0.1, -0.05) is 36.4 Å². The molecule has 2 aromatic rings. The van der Waals surface area contributed by atoms with Crippen LogP contribution in [0.5, 0.6) is 5.75 Å². The van der Waals surface area contributed by atoms with E-state index in [4.69, 9.17) is 9.47 Å². The van der Waals surface area contributed by atoms with Gasteiger partial charge in [0.25, 0.3) is 5.91 Å². The minimum absolute atomic E-state index is 0.0416. The maximum Gasteiger partial charge on any atom is 0.415 e. The fourth-order valence-electron chi connectivity index (χ4n) is 5.57. The van der Waals surface area contributed by atoms with Gasteiger partial charge in [-0.15, -0.1) is 0 Å². The van der Waals surface area contributed by atoms with Crippen LogP contribution < -0.4 is 10.1 Å². The Hall–Kier alpha value is -3.39. The topological polar surface area (TPSA) is 88.2 Å². The van der Waals surface area contributed by atoms with Crippen LogP contribution in [0.3, 0.4) is 0 Å². The normalized spacial score (nSPS) is 23.1. The van der Waals surface area contributed by atoms with E-state index in [-0.39, 0.29) is 30.7 Å². The minimum Gasteiger partial charge on any atom is -0.492 e. The van der Waals surface area contributed by atoms with Crippen molar-refractivity contribution in [3.05, 3.63) is 65.2 Å². The van der Waals surface area contributed by atoms with Crippen LogP contribution in [-0.2, 0) is 26.5 Å². The molecule has 3 aliphatic rings. The molecule has 1 N–H and O–H groups in total. The molecule has 1 heterocycles. The number of amides is 3. The van der Waals surface area contributed by atoms with Crippen molar-refractivity contribution in [1.29, 1.82) is 0 Å². The van der Waals surface area contributed by atoms with E-state index in [1.54, 1.807) is 12.1 Å². The molecule has 8 nitrogen and oxygen atoms in total. The van der Waals surface area contributed by atoms with E-state index < -0.39 is 17.6 Å². The molecule has 2 unspecified atom stereocenters. The number of benzene rings is 2. The molecule has 2 aromatic carbocycles. The molecule has 0 bridgehead atoms. The maximum atomic E-state index is 13.8. The second-order valence-electron chi connectivity index (χ2n) is 10.8. The van der Waals surface area contributed by atoms with Crippen LogP contribution in [0, 0.1) is 5.92 Å². The first-order valence-electron chi connectivity index (χ1n) is 13.1. The summed E-state index contributed by atoms with van der Waals surface area (Å²) in [6.45, 7) is 3.95. The molecule has 3 amide bonds. The predicted molar refractivity (Wildman–Crippen MR) is 138 cm³/mol. The van der Waals surface area contributed by atoms with Crippen molar-refractivity contribution < 1.29 is 23.9 Å². The molecule has 0 aromatic heterocycles. The number of nitrogens with zero attached hydrogens (tertiary/aromatic N) is 2. The van der Waals surface area contributed by atoms with Crippen molar-refractivity contribution in [3.63, 3.8) is 0 Å². The highest BCUT2D eigenvalue weighted by atomic mass is 16.6. The third-order valence-corrected chi connectivity index (χ3v) is 7.82. The van der Waals surface area contributed by atoms with Crippen molar-refractivity contribution in [1.82, 2.24) is 15.1 Å². The van der Waals surface area contributed by atoms with Gasteiger partial charge in [-0.05, 0) is 69.0 Å². The van der Waals surface area contributed by atoms with Crippen molar-refractivity contribution in [2.45, 2.75) is 56.7 Å². The molecule has 5 rings (SSSR count). The lowest BCUT2D eigenvalue weighted by Crippen LogP contribution is -2.40. The largest absolute Gasteiger partial charge is 0.492 e. The van der Waals surface area contributed by atoms with Crippen molar-refractivity contribution >= 4 is 17.9 Å². The zero-order valence-corrected chi connectivity index (χ0v) is 21.7. The molecule has 2 aliphatic carbocycles. The SMILES string of the molecule is C[C@@H](C1CC1)N(Cc1ccccc1)C(=O)CC1CC2(OC(=O)NC2=O)c2ccc(OCCN(C)C)cc21. The summed E-state index contributed by atoms with van der Waals surface area (Å²) in [6, 6.07) is 15.7. The van der Waals surface area contributed by atoms with Crippen LogP contribution >= 0.6 is 0 Å². The Balaban J connectivity index is 1.41. The Morgan fingerprint density at radius 2 is 1.92 bits per heavy atom. The summed E-state index contributed by atoms with van der Waals surface area (Å²) in [5.74, 6) is 0.490. The van der Waals surface area contributed by atoms with Gasteiger partial charge in [-0.25, -0.2) is 4.79 Å². The molecule has 1 aliphatic heterocycles. The Labute approximate surface area is 217 Å². The molecule has 1 saturated carbocycles. The Morgan fingerprint density at radius 3 is 2.57 bits per heavy atom. The zero-order chi connectivity index (χ0) is 26.2. The number of likely N-dealkylation sites (N-methyl/N-ethyl adjacent to an activating group) is 1. The number of carbonyl (C=O) groups is 3. The molecule has 1 saturated heterocycles. The number of hydrogen-bond acceptors (Lipinski definition) is 6. The fourth-order valence-corrected chi connectivity index (χ4v) is 5.57. The number of alkyl carbamates (subject to hydrolysis) is 1. The van der Waals surface area contributed by atoms with E-state index in [0.717, 1.165) is 30.5 Å². The summed E-state index contributed by atoms with van der Waals surface area (Å²) in [4.78, 5) is 42.8. The van der Waals surface area contributed by atoms with E-state index in [1.807, 2.05) is 60.3 Å². The highest BCUT2D eigenvalue weighted by molar-refractivity contribution is 6.04. The summed E-state index contributed by atoms with van der Waals surface area (Å²) in [7, 11) is 3.96. The second kappa shape index (κ2) is 10.2. The van der Waals surface area contributed by atoms with Crippen molar-refractivity contribution in [2.75, 3.05) is 27.2 Å². The van der Waals surface area contributed by atoms with Crippen LogP contribution in [-0.4, -0.2) is 61.0 Å². The average Bonchev–Trinajstić information content (AvgIpc) is 3.62. The average molecular weight is 506 g/mol. The van der Waals surface area contributed by atoms with Gasteiger partial charge >= 0.3 is 6.09 Å². The van der Waals surface area contributed by atoms with Crippen LogP contribution in [0.4, 0.5) is 4.79 Å². The van der Waals surface area contributed by atoms with E-state index in [2.05, 4.69) is 12.2 Å². The van der Waals surface area contributed by atoms with Gasteiger partial charge in [0.1, 0.15) is 12.4 Å². The Kier molecular flexibility index (Phi) is 6.94. The summed E-state index contributed by atoms with van der Waals surface area (Å²) in [6.07, 6.45) is 1.99. The van der Waals surface area contributed by atoms with Crippen LogP contribution in [0.1, 0.15) is 55.2 Å². The lowest BCUT2D eigenvalue weighted by atomic mass is 9.93. The smallest absolute Gasteiger partial charge is 0.415 e. The van der Waals surface area contributed by atoms with Crippen molar-refractivity contribution in [3.8, 4) is 5.75 Å². The third-order valence-electron chi connectivity index (χ3n) is 7.82.